The van der Waals surface area contributed by atoms with Crippen molar-refractivity contribution in [3.8, 4) is 0 Å². The van der Waals surface area contributed by atoms with Crippen molar-refractivity contribution in [1.29, 1.82) is 0 Å². The smallest absolute Gasteiger partial charge is 0.190 e. The minimum Gasteiger partial charge on any atom is -0.367 e. The number of hydrogen-bond donors (Lipinski definition) is 1. The normalized spacial score (nSPS) is 15.8. The second-order valence-corrected chi connectivity index (χ2v) is 4.14. The van der Waals surface area contributed by atoms with Crippen molar-refractivity contribution < 1.29 is 0 Å². The van der Waals surface area contributed by atoms with E-state index >= 15 is 0 Å². The summed E-state index contributed by atoms with van der Waals surface area (Å²) < 4.78 is 0. The van der Waals surface area contributed by atoms with Gasteiger partial charge >= 0.3 is 0 Å². The molecular formula is C8H10ClN3S. The third-order valence-electron chi connectivity index (χ3n) is 1.79. The van der Waals surface area contributed by atoms with E-state index in [2.05, 4.69) is 15.3 Å². The van der Waals surface area contributed by atoms with Crippen LogP contribution in [0.3, 0.4) is 0 Å². The average molecular weight is 216 g/mol. The van der Waals surface area contributed by atoms with Crippen molar-refractivity contribution in [3.63, 3.8) is 0 Å². The lowest BCUT2D eigenvalue weighted by atomic mass is 10.5. The van der Waals surface area contributed by atoms with Crippen LogP contribution in [-0.2, 0) is 0 Å². The molecule has 0 unspecified atom stereocenters. The van der Waals surface area contributed by atoms with Crippen molar-refractivity contribution in [2.75, 3.05) is 11.6 Å². The minimum atomic E-state index is 0.502. The highest BCUT2D eigenvalue weighted by Crippen LogP contribution is 2.25. The van der Waals surface area contributed by atoms with Gasteiger partial charge in [-0.3, -0.25) is 0 Å². The Bertz CT molecular complexity index is 314. The quantitative estimate of drug-likeness (QED) is 0.478. The fourth-order valence-electron chi connectivity index (χ4n) is 0.999. The predicted octanol–water partition coefficient (Wildman–Crippen LogP) is 2.43. The average Bonchev–Trinajstić information content (AvgIpc) is 2.87. The Hall–Kier alpha value is -0.480. The molecule has 70 valence electrons. The van der Waals surface area contributed by atoms with Crippen LogP contribution in [0.4, 0.5) is 5.82 Å². The molecule has 1 aliphatic carbocycles. The van der Waals surface area contributed by atoms with Gasteiger partial charge in [0.05, 0.1) is 0 Å². The van der Waals surface area contributed by atoms with Crippen LogP contribution in [0.15, 0.2) is 11.2 Å². The number of nitrogens with zero attached hydrogens (tertiary/aromatic N) is 2. The molecule has 1 aromatic heterocycles. The van der Waals surface area contributed by atoms with E-state index in [1.165, 1.54) is 24.6 Å². The lowest BCUT2D eigenvalue weighted by molar-refractivity contribution is 0.956. The molecule has 0 bridgehead atoms. The van der Waals surface area contributed by atoms with Gasteiger partial charge in [-0.2, -0.15) is 0 Å². The molecule has 0 aliphatic heterocycles. The molecule has 0 radical (unpaired) electrons. The Labute approximate surface area is 86.3 Å². The van der Waals surface area contributed by atoms with Gasteiger partial charge in [-0.1, -0.05) is 23.4 Å². The van der Waals surface area contributed by atoms with Gasteiger partial charge in [-0.05, 0) is 19.1 Å². The molecular weight excluding hydrogens is 206 g/mol. The monoisotopic (exact) mass is 215 g/mol. The zero-order valence-electron chi connectivity index (χ0n) is 7.25. The maximum atomic E-state index is 5.83. The fourth-order valence-corrected chi connectivity index (χ4v) is 1.61. The van der Waals surface area contributed by atoms with E-state index in [-0.39, 0.29) is 0 Å². The summed E-state index contributed by atoms with van der Waals surface area (Å²) >= 11 is 7.33. The first kappa shape index (κ1) is 9.09. The van der Waals surface area contributed by atoms with Gasteiger partial charge in [0.25, 0.3) is 0 Å². The van der Waals surface area contributed by atoms with Gasteiger partial charge in [0.2, 0.25) is 0 Å². The topological polar surface area (TPSA) is 37.8 Å². The SMILES string of the molecule is CSc1nc(Cl)cc(NC2CC2)n1. The summed E-state index contributed by atoms with van der Waals surface area (Å²) in [6, 6.07) is 2.36. The van der Waals surface area contributed by atoms with Crippen LogP contribution in [-0.4, -0.2) is 22.3 Å². The van der Waals surface area contributed by atoms with E-state index in [0.29, 0.717) is 11.2 Å². The van der Waals surface area contributed by atoms with Crippen molar-refractivity contribution in [2.45, 2.75) is 24.0 Å². The molecule has 13 heavy (non-hydrogen) atoms. The second-order valence-electron chi connectivity index (χ2n) is 2.98. The van der Waals surface area contributed by atoms with E-state index < -0.39 is 0 Å². The van der Waals surface area contributed by atoms with Crippen LogP contribution in [0.2, 0.25) is 5.15 Å². The summed E-state index contributed by atoms with van der Waals surface area (Å²) in [6.45, 7) is 0. The van der Waals surface area contributed by atoms with Gasteiger partial charge in [-0.25, -0.2) is 9.97 Å². The number of thioether (sulfide) groups is 1. The van der Waals surface area contributed by atoms with Gasteiger partial charge < -0.3 is 5.32 Å². The van der Waals surface area contributed by atoms with E-state index in [4.69, 9.17) is 11.6 Å². The molecule has 5 heteroatoms. The number of rotatable bonds is 3. The largest absolute Gasteiger partial charge is 0.367 e. The molecule has 0 atom stereocenters. The molecule has 1 aromatic rings. The zero-order chi connectivity index (χ0) is 9.26. The second kappa shape index (κ2) is 3.72. The van der Waals surface area contributed by atoms with Crippen LogP contribution in [0.5, 0.6) is 0 Å². The van der Waals surface area contributed by atoms with Gasteiger partial charge in [-0.15, -0.1) is 0 Å². The third kappa shape index (κ3) is 2.48. The Morgan fingerprint density at radius 1 is 1.54 bits per heavy atom. The van der Waals surface area contributed by atoms with Crippen LogP contribution in [0.25, 0.3) is 0 Å². The van der Waals surface area contributed by atoms with E-state index in [1.807, 2.05) is 6.26 Å². The first-order chi connectivity index (χ1) is 6.28. The summed E-state index contributed by atoms with van der Waals surface area (Å²) in [5, 5.41) is 4.50. The van der Waals surface area contributed by atoms with Crippen molar-refractivity contribution >= 4 is 29.2 Å². The number of hydrogen-bond acceptors (Lipinski definition) is 4. The standard InChI is InChI=1S/C8H10ClN3S/c1-13-8-11-6(9)4-7(12-8)10-5-2-3-5/h4-5H,2-3H2,1H3,(H,10,11,12). The third-order valence-corrected chi connectivity index (χ3v) is 2.53. The molecule has 0 spiro atoms. The highest BCUT2D eigenvalue weighted by atomic mass is 35.5. The van der Waals surface area contributed by atoms with Crippen molar-refractivity contribution in [2.24, 2.45) is 0 Å². The van der Waals surface area contributed by atoms with Gasteiger partial charge in [0, 0.05) is 12.1 Å². The Balaban J connectivity index is 2.17. The predicted molar refractivity (Wildman–Crippen MR) is 55.5 cm³/mol. The molecule has 0 aromatic carbocycles. The Morgan fingerprint density at radius 2 is 2.31 bits per heavy atom. The number of halogens is 1. The summed E-state index contributed by atoms with van der Waals surface area (Å²) in [5.41, 5.74) is 0. The molecule has 1 fully saturated rings. The van der Waals surface area contributed by atoms with Crippen LogP contribution in [0.1, 0.15) is 12.8 Å². The highest BCUT2D eigenvalue weighted by Gasteiger charge is 2.21. The number of nitrogens with one attached hydrogen (secondary N) is 1. The summed E-state index contributed by atoms with van der Waals surface area (Å²) in [4.78, 5) is 8.35. The molecule has 3 nitrogen and oxygen atoms in total. The molecule has 1 aliphatic rings. The van der Waals surface area contributed by atoms with E-state index in [1.54, 1.807) is 6.07 Å². The molecule has 2 rings (SSSR count). The van der Waals surface area contributed by atoms with Crippen LogP contribution < -0.4 is 5.32 Å². The summed E-state index contributed by atoms with van der Waals surface area (Å²) in [6.07, 6.45) is 4.40. The first-order valence-corrected chi connectivity index (χ1v) is 5.73. The van der Waals surface area contributed by atoms with Crippen LogP contribution >= 0.6 is 23.4 Å². The zero-order valence-corrected chi connectivity index (χ0v) is 8.82. The van der Waals surface area contributed by atoms with Crippen molar-refractivity contribution in [3.05, 3.63) is 11.2 Å². The highest BCUT2D eigenvalue weighted by molar-refractivity contribution is 7.98. The first-order valence-electron chi connectivity index (χ1n) is 4.13. The fraction of sp³-hybridized carbons (Fsp3) is 0.500. The van der Waals surface area contributed by atoms with Crippen molar-refractivity contribution in [1.82, 2.24) is 9.97 Å². The van der Waals surface area contributed by atoms with Crippen LogP contribution in [0, 0.1) is 0 Å². The number of anilines is 1. The Morgan fingerprint density at radius 3 is 2.92 bits per heavy atom. The molecule has 1 N–H and O–H groups in total. The minimum absolute atomic E-state index is 0.502. The summed E-state index contributed by atoms with van der Waals surface area (Å²) in [7, 11) is 0. The van der Waals surface area contributed by atoms with E-state index in [9.17, 15) is 0 Å². The number of aromatic nitrogens is 2. The Kier molecular flexibility index (Phi) is 2.60. The maximum absolute atomic E-state index is 5.83. The molecule has 0 amide bonds. The molecule has 1 saturated carbocycles. The van der Waals surface area contributed by atoms with E-state index in [0.717, 1.165) is 11.0 Å². The lowest BCUT2D eigenvalue weighted by Gasteiger charge is -2.04. The summed E-state index contributed by atoms with van der Waals surface area (Å²) in [5.74, 6) is 0.840. The molecule has 0 saturated heterocycles. The maximum Gasteiger partial charge on any atom is 0.190 e. The lowest BCUT2D eigenvalue weighted by Crippen LogP contribution is -2.04. The van der Waals surface area contributed by atoms with Gasteiger partial charge in [0.1, 0.15) is 11.0 Å². The van der Waals surface area contributed by atoms with Gasteiger partial charge in [0.15, 0.2) is 5.16 Å². The molecule has 1 heterocycles.